The normalized spacial score (nSPS) is 12.6. The molecule has 0 radical (unpaired) electrons. The molecule has 25 heavy (non-hydrogen) atoms. The quantitative estimate of drug-likeness (QED) is 0.731. The van der Waals surface area contributed by atoms with Crippen molar-refractivity contribution in [2.75, 3.05) is 11.8 Å². The number of ether oxygens (including phenoxy) is 1. The number of aromatic amines is 1. The first-order chi connectivity index (χ1) is 11.8. The molecule has 0 aliphatic heterocycles. The van der Waals surface area contributed by atoms with Crippen molar-refractivity contribution in [2.45, 2.75) is 37.5 Å². The molecule has 2 aromatic rings. The Morgan fingerprint density at radius 3 is 2.72 bits per heavy atom. The summed E-state index contributed by atoms with van der Waals surface area (Å²) in [5.41, 5.74) is 0.476. The van der Waals surface area contributed by atoms with E-state index in [1.165, 1.54) is 0 Å². The van der Waals surface area contributed by atoms with Gasteiger partial charge in [-0.15, -0.1) is 0 Å². The zero-order valence-electron chi connectivity index (χ0n) is 14.2. The highest BCUT2D eigenvalue weighted by Crippen LogP contribution is 2.23. The maximum Gasteiger partial charge on any atom is 0.340 e. The van der Waals surface area contributed by atoms with E-state index >= 15 is 0 Å². The third-order valence-electron chi connectivity index (χ3n) is 3.75. The number of carbonyl (C=O) groups is 1. The first-order valence-corrected chi connectivity index (χ1v) is 9.22. The van der Waals surface area contributed by atoms with Crippen LogP contribution in [0, 0.1) is 5.82 Å². The van der Waals surface area contributed by atoms with Crippen molar-refractivity contribution in [1.82, 2.24) is 10.2 Å². The molecule has 9 heteroatoms. The third-order valence-corrected chi connectivity index (χ3v) is 5.10. The van der Waals surface area contributed by atoms with E-state index in [4.69, 9.17) is 0 Å². The number of sulfonamides is 1. The summed E-state index contributed by atoms with van der Waals surface area (Å²) in [7, 11) is -2.92. The number of methoxy groups -OCH3 is 1. The van der Waals surface area contributed by atoms with Gasteiger partial charge in [-0.3, -0.25) is 9.82 Å². The lowest BCUT2D eigenvalue weighted by Crippen LogP contribution is -2.14. The maximum atomic E-state index is 13.9. The van der Waals surface area contributed by atoms with E-state index in [0.29, 0.717) is 0 Å². The van der Waals surface area contributed by atoms with Crippen LogP contribution in [-0.4, -0.2) is 31.7 Å². The molecule has 1 aromatic heterocycles. The third kappa shape index (κ3) is 4.36. The second-order valence-corrected chi connectivity index (χ2v) is 7.32. The van der Waals surface area contributed by atoms with E-state index in [-0.39, 0.29) is 22.2 Å². The summed E-state index contributed by atoms with van der Waals surface area (Å²) in [6.45, 7) is 4.07. The molecule has 0 amide bonds. The Labute approximate surface area is 145 Å². The van der Waals surface area contributed by atoms with Gasteiger partial charge in [-0.1, -0.05) is 20.3 Å². The minimum absolute atomic E-state index is 0.121. The molecule has 0 saturated carbocycles. The minimum Gasteiger partial charge on any atom is -0.465 e. The molecular formula is C16H20FN3O4S. The summed E-state index contributed by atoms with van der Waals surface area (Å²) < 4.78 is 45.4. The van der Waals surface area contributed by atoms with Gasteiger partial charge in [0.05, 0.1) is 17.6 Å². The lowest BCUT2D eigenvalue weighted by atomic mass is 10.0. The number of esters is 1. The van der Waals surface area contributed by atoms with Gasteiger partial charge in [0, 0.05) is 11.8 Å². The van der Waals surface area contributed by atoms with Gasteiger partial charge >= 0.3 is 5.97 Å². The lowest BCUT2D eigenvalue weighted by Gasteiger charge is -2.07. The van der Waals surface area contributed by atoms with Gasteiger partial charge in [0.2, 0.25) is 0 Å². The number of carbonyl (C=O) groups excluding carboxylic acids is 1. The fourth-order valence-corrected chi connectivity index (χ4v) is 3.37. The van der Waals surface area contributed by atoms with Gasteiger partial charge in [-0.2, -0.15) is 5.10 Å². The molecule has 1 aromatic carbocycles. The van der Waals surface area contributed by atoms with Crippen molar-refractivity contribution in [2.24, 2.45) is 0 Å². The molecule has 2 N–H and O–H groups in total. The fraction of sp³-hybridized carbons (Fsp3) is 0.375. The van der Waals surface area contributed by atoms with Crippen LogP contribution in [0.25, 0.3) is 0 Å². The number of aromatic nitrogens is 2. The first kappa shape index (κ1) is 18.9. The lowest BCUT2D eigenvalue weighted by molar-refractivity contribution is 0.0595. The highest BCUT2D eigenvalue weighted by Gasteiger charge is 2.20. The SMILES string of the molecule is CCCC(C)c1cc(NS(=O)(=O)c2ccc(C(=O)OC)c(F)c2)n[nH]1. The number of anilines is 1. The monoisotopic (exact) mass is 369 g/mol. The van der Waals surface area contributed by atoms with E-state index in [0.717, 1.165) is 43.8 Å². The summed E-state index contributed by atoms with van der Waals surface area (Å²) in [6.07, 6.45) is 1.93. The van der Waals surface area contributed by atoms with E-state index in [1.54, 1.807) is 6.07 Å². The predicted octanol–water partition coefficient (Wildman–Crippen LogP) is 3.04. The zero-order chi connectivity index (χ0) is 18.6. The molecule has 136 valence electrons. The van der Waals surface area contributed by atoms with Crippen LogP contribution in [0.3, 0.4) is 0 Å². The van der Waals surface area contributed by atoms with E-state index in [9.17, 15) is 17.6 Å². The molecule has 0 bridgehead atoms. The zero-order valence-corrected chi connectivity index (χ0v) is 15.0. The molecule has 1 atom stereocenters. The number of nitrogens with one attached hydrogen (secondary N) is 2. The Balaban J connectivity index is 2.22. The molecule has 0 aliphatic carbocycles. The van der Waals surface area contributed by atoms with Gasteiger partial charge < -0.3 is 4.74 Å². The van der Waals surface area contributed by atoms with Crippen molar-refractivity contribution in [3.63, 3.8) is 0 Å². The average Bonchev–Trinajstić information content (AvgIpc) is 3.02. The van der Waals surface area contributed by atoms with Crippen molar-refractivity contribution >= 4 is 21.8 Å². The van der Waals surface area contributed by atoms with Crippen molar-refractivity contribution in [3.05, 3.63) is 41.3 Å². The number of H-pyrrole nitrogens is 1. The Morgan fingerprint density at radius 2 is 2.12 bits per heavy atom. The Hall–Kier alpha value is -2.42. The molecular weight excluding hydrogens is 349 g/mol. The highest BCUT2D eigenvalue weighted by atomic mass is 32.2. The summed E-state index contributed by atoms with van der Waals surface area (Å²) in [5, 5.41) is 6.72. The van der Waals surface area contributed by atoms with Gasteiger partial charge in [0.15, 0.2) is 5.82 Å². The molecule has 1 heterocycles. The number of benzene rings is 1. The van der Waals surface area contributed by atoms with Gasteiger partial charge in [-0.25, -0.2) is 17.6 Å². The molecule has 1 unspecified atom stereocenters. The largest absolute Gasteiger partial charge is 0.465 e. The van der Waals surface area contributed by atoms with E-state index < -0.39 is 21.8 Å². The topological polar surface area (TPSA) is 101 Å². The van der Waals surface area contributed by atoms with Crippen LogP contribution in [-0.2, 0) is 14.8 Å². The molecule has 0 aliphatic rings. The molecule has 0 spiro atoms. The van der Waals surface area contributed by atoms with Crippen LogP contribution in [0.2, 0.25) is 0 Å². The summed E-state index contributed by atoms with van der Waals surface area (Å²) >= 11 is 0. The second-order valence-electron chi connectivity index (χ2n) is 5.64. The van der Waals surface area contributed by atoms with Gasteiger partial charge in [0.25, 0.3) is 10.0 Å². The fourth-order valence-electron chi connectivity index (χ4n) is 2.36. The summed E-state index contributed by atoms with van der Waals surface area (Å²) in [6, 6.07) is 4.57. The van der Waals surface area contributed by atoms with Gasteiger partial charge in [-0.05, 0) is 30.5 Å². The van der Waals surface area contributed by atoms with Crippen LogP contribution < -0.4 is 4.72 Å². The average molecular weight is 369 g/mol. The second kappa shape index (κ2) is 7.64. The maximum absolute atomic E-state index is 13.9. The molecule has 2 rings (SSSR count). The molecule has 0 fully saturated rings. The van der Waals surface area contributed by atoms with Crippen molar-refractivity contribution < 1.29 is 22.3 Å². The Morgan fingerprint density at radius 1 is 1.40 bits per heavy atom. The smallest absolute Gasteiger partial charge is 0.340 e. The number of hydrogen-bond donors (Lipinski definition) is 2. The number of halogens is 1. The number of hydrogen-bond acceptors (Lipinski definition) is 5. The summed E-state index contributed by atoms with van der Waals surface area (Å²) in [4.78, 5) is 11.0. The van der Waals surface area contributed by atoms with Gasteiger partial charge in [0.1, 0.15) is 5.82 Å². The van der Waals surface area contributed by atoms with Crippen molar-refractivity contribution in [3.8, 4) is 0 Å². The number of rotatable bonds is 7. The number of nitrogens with zero attached hydrogens (tertiary/aromatic N) is 1. The molecule has 0 saturated heterocycles. The predicted molar refractivity (Wildman–Crippen MR) is 90.5 cm³/mol. The Bertz CT molecular complexity index is 864. The summed E-state index contributed by atoms with van der Waals surface area (Å²) in [5.74, 6) is -1.52. The van der Waals surface area contributed by atoms with E-state index in [1.807, 2.05) is 6.92 Å². The van der Waals surface area contributed by atoms with Crippen LogP contribution in [0.4, 0.5) is 10.2 Å². The van der Waals surface area contributed by atoms with Crippen molar-refractivity contribution in [1.29, 1.82) is 0 Å². The highest BCUT2D eigenvalue weighted by molar-refractivity contribution is 7.92. The first-order valence-electron chi connectivity index (χ1n) is 7.74. The van der Waals surface area contributed by atoms with Crippen LogP contribution in [0.15, 0.2) is 29.2 Å². The van der Waals surface area contributed by atoms with Crippen LogP contribution in [0.5, 0.6) is 0 Å². The molecule has 7 nitrogen and oxygen atoms in total. The Kier molecular flexibility index (Phi) is 5.78. The van der Waals surface area contributed by atoms with Crippen LogP contribution >= 0.6 is 0 Å². The standard InChI is InChI=1S/C16H20FN3O4S/c1-4-5-10(2)14-9-15(19-18-14)20-25(22,23)11-6-7-12(13(17)8-11)16(21)24-3/h6-10H,4-5H2,1-3H3,(H2,18,19,20). The minimum atomic E-state index is -4.03. The van der Waals surface area contributed by atoms with Crippen LogP contribution in [0.1, 0.15) is 48.7 Å². The van der Waals surface area contributed by atoms with E-state index in [2.05, 4.69) is 26.6 Å².